The zero-order valence-corrected chi connectivity index (χ0v) is 15.4. The number of anilines is 1. The van der Waals surface area contributed by atoms with Crippen molar-refractivity contribution in [3.63, 3.8) is 0 Å². The number of rotatable bonds is 5. The summed E-state index contributed by atoms with van der Waals surface area (Å²) in [5.41, 5.74) is 0.536. The molecule has 3 aromatic rings. The standard InChI is InChI=1S/C17H12ClF3N4OS/c1-9-14(15-22-7-8-25(15)16(20)21)27-17(23-9)24-13(26)6-5-10-11(18)3-2-4-12(10)19/h2-8,16H,1H3,(H,23,24,26)/b6-5+. The minimum atomic E-state index is -2.74. The van der Waals surface area contributed by atoms with Crippen LogP contribution in [0.1, 0.15) is 17.8 Å². The summed E-state index contributed by atoms with van der Waals surface area (Å²) in [6, 6.07) is 4.19. The molecule has 0 aliphatic rings. The highest BCUT2D eigenvalue weighted by Gasteiger charge is 2.19. The largest absolute Gasteiger partial charge is 0.320 e. The first kappa shape index (κ1) is 19.1. The highest BCUT2D eigenvalue weighted by atomic mass is 35.5. The van der Waals surface area contributed by atoms with Crippen molar-refractivity contribution in [1.29, 1.82) is 0 Å². The highest BCUT2D eigenvalue weighted by molar-refractivity contribution is 7.19. The number of nitrogens with zero attached hydrogens (tertiary/aromatic N) is 3. The van der Waals surface area contributed by atoms with Gasteiger partial charge in [0.25, 0.3) is 0 Å². The van der Waals surface area contributed by atoms with E-state index in [9.17, 15) is 18.0 Å². The molecular formula is C17H12ClF3N4OS. The predicted octanol–water partition coefficient (Wildman–Crippen LogP) is 5.15. The molecule has 0 saturated heterocycles. The molecule has 0 aliphatic heterocycles. The molecule has 27 heavy (non-hydrogen) atoms. The molecule has 0 radical (unpaired) electrons. The van der Waals surface area contributed by atoms with Gasteiger partial charge in [-0.2, -0.15) is 8.78 Å². The Morgan fingerprint density at radius 3 is 2.89 bits per heavy atom. The lowest BCUT2D eigenvalue weighted by atomic mass is 10.2. The molecule has 0 aliphatic carbocycles. The monoisotopic (exact) mass is 412 g/mol. The van der Waals surface area contributed by atoms with E-state index < -0.39 is 18.3 Å². The van der Waals surface area contributed by atoms with Crippen LogP contribution in [0.25, 0.3) is 16.8 Å². The maximum atomic E-state index is 13.7. The number of hydrogen-bond donors (Lipinski definition) is 1. The lowest BCUT2D eigenvalue weighted by molar-refractivity contribution is -0.111. The van der Waals surface area contributed by atoms with Gasteiger partial charge in [-0.3, -0.25) is 14.7 Å². The number of hydrogen-bond acceptors (Lipinski definition) is 4. The Bertz CT molecular complexity index is 995. The van der Waals surface area contributed by atoms with Crippen molar-refractivity contribution < 1.29 is 18.0 Å². The van der Waals surface area contributed by atoms with E-state index in [1.54, 1.807) is 6.92 Å². The van der Waals surface area contributed by atoms with E-state index in [4.69, 9.17) is 11.6 Å². The second kappa shape index (κ2) is 7.93. The minimum Gasteiger partial charge on any atom is -0.298 e. The van der Waals surface area contributed by atoms with Gasteiger partial charge in [0, 0.05) is 24.0 Å². The number of imidazole rings is 1. The number of aryl methyl sites for hydroxylation is 1. The van der Waals surface area contributed by atoms with E-state index in [0.29, 0.717) is 15.1 Å². The lowest BCUT2D eigenvalue weighted by Gasteiger charge is -2.04. The van der Waals surface area contributed by atoms with Crippen LogP contribution in [0.15, 0.2) is 36.7 Å². The molecule has 1 aromatic carbocycles. The molecule has 3 rings (SSSR count). The molecule has 1 N–H and O–H groups in total. The Labute approximate surface area is 161 Å². The number of amides is 1. The van der Waals surface area contributed by atoms with Crippen molar-refractivity contribution in [3.05, 3.63) is 58.8 Å². The second-order valence-corrected chi connectivity index (χ2v) is 6.73. The van der Waals surface area contributed by atoms with Crippen LogP contribution in [0.4, 0.5) is 18.3 Å². The number of nitrogens with one attached hydrogen (secondary N) is 1. The quantitative estimate of drug-likeness (QED) is 0.589. The molecule has 0 saturated carbocycles. The van der Waals surface area contributed by atoms with Crippen molar-refractivity contribution in [1.82, 2.24) is 14.5 Å². The van der Waals surface area contributed by atoms with Crippen molar-refractivity contribution >= 4 is 40.1 Å². The summed E-state index contributed by atoms with van der Waals surface area (Å²) in [5.74, 6) is -1.06. The summed E-state index contributed by atoms with van der Waals surface area (Å²) >= 11 is 6.90. The van der Waals surface area contributed by atoms with Crippen LogP contribution < -0.4 is 5.32 Å². The molecule has 0 bridgehead atoms. The van der Waals surface area contributed by atoms with Crippen molar-refractivity contribution in [2.24, 2.45) is 0 Å². The van der Waals surface area contributed by atoms with Crippen molar-refractivity contribution in [3.8, 4) is 10.7 Å². The average molecular weight is 413 g/mol. The molecule has 1 amide bonds. The van der Waals surface area contributed by atoms with Crippen LogP contribution in [0, 0.1) is 12.7 Å². The fraction of sp³-hybridized carbons (Fsp3) is 0.118. The van der Waals surface area contributed by atoms with Gasteiger partial charge in [-0.15, -0.1) is 0 Å². The number of carbonyl (C=O) groups excluding carboxylic acids is 1. The van der Waals surface area contributed by atoms with Crippen molar-refractivity contribution in [2.45, 2.75) is 13.5 Å². The van der Waals surface area contributed by atoms with E-state index >= 15 is 0 Å². The van der Waals surface area contributed by atoms with Crippen LogP contribution in [0.5, 0.6) is 0 Å². The number of aromatic nitrogens is 3. The Morgan fingerprint density at radius 1 is 1.41 bits per heavy atom. The smallest absolute Gasteiger partial charge is 0.298 e. The molecule has 0 unspecified atom stereocenters. The maximum Gasteiger partial charge on any atom is 0.320 e. The molecule has 5 nitrogen and oxygen atoms in total. The first-order valence-corrected chi connectivity index (χ1v) is 8.78. The molecule has 2 aromatic heterocycles. The first-order chi connectivity index (χ1) is 12.9. The van der Waals surface area contributed by atoms with Gasteiger partial charge in [0.2, 0.25) is 5.91 Å². The van der Waals surface area contributed by atoms with Gasteiger partial charge < -0.3 is 0 Å². The van der Waals surface area contributed by atoms with Crippen LogP contribution in [0.2, 0.25) is 5.02 Å². The summed E-state index contributed by atoms with van der Waals surface area (Å²) in [4.78, 5) is 20.5. The van der Waals surface area contributed by atoms with Gasteiger partial charge in [-0.1, -0.05) is 29.0 Å². The first-order valence-electron chi connectivity index (χ1n) is 7.58. The highest BCUT2D eigenvalue weighted by Crippen LogP contribution is 2.33. The van der Waals surface area contributed by atoms with Crippen LogP contribution in [0.3, 0.4) is 0 Å². The third-order valence-corrected chi connectivity index (χ3v) is 4.91. The Kier molecular flexibility index (Phi) is 5.62. The molecule has 140 valence electrons. The zero-order valence-electron chi connectivity index (χ0n) is 13.8. The zero-order chi connectivity index (χ0) is 19.6. The third-order valence-electron chi connectivity index (χ3n) is 3.51. The summed E-state index contributed by atoms with van der Waals surface area (Å²) in [5, 5.41) is 2.89. The molecule has 10 heteroatoms. The Hall–Kier alpha value is -2.65. The second-order valence-electron chi connectivity index (χ2n) is 5.33. The van der Waals surface area contributed by atoms with Crippen LogP contribution in [-0.4, -0.2) is 20.4 Å². The van der Waals surface area contributed by atoms with Crippen LogP contribution >= 0.6 is 22.9 Å². The number of benzene rings is 1. The molecule has 0 spiro atoms. The van der Waals surface area contributed by atoms with E-state index in [2.05, 4.69) is 15.3 Å². The van der Waals surface area contributed by atoms with Gasteiger partial charge >= 0.3 is 6.55 Å². The van der Waals surface area contributed by atoms with Crippen LogP contribution in [-0.2, 0) is 4.79 Å². The topological polar surface area (TPSA) is 59.8 Å². The maximum absolute atomic E-state index is 13.7. The number of alkyl halides is 2. The van der Waals surface area contributed by atoms with E-state index in [1.807, 2.05) is 0 Å². The minimum absolute atomic E-state index is 0.0641. The van der Waals surface area contributed by atoms with Gasteiger partial charge in [0.1, 0.15) is 5.82 Å². The third kappa shape index (κ3) is 4.20. The van der Waals surface area contributed by atoms with Gasteiger partial charge in [0.05, 0.1) is 15.6 Å². The lowest BCUT2D eigenvalue weighted by Crippen LogP contribution is -2.07. The fourth-order valence-electron chi connectivity index (χ4n) is 2.28. The molecule has 2 heterocycles. The Balaban J connectivity index is 1.78. The summed E-state index contributed by atoms with van der Waals surface area (Å²) in [6.07, 6.45) is 4.79. The number of thiazole rings is 1. The van der Waals surface area contributed by atoms with E-state index in [1.165, 1.54) is 30.5 Å². The summed E-state index contributed by atoms with van der Waals surface area (Å²) in [7, 11) is 0. The summed E-state index contributed by atoms with van der Waals surface area (Å²) in [6.45, 7) is -1.11. The van der Waals surface area contributed by atoms with E-state index in [0.717, 1.165) is 23.6 Å². The van der Waals surface area contributed by atoms with E-state index in [-0.39, 0.29) is 21.5 Å². The van der Waals surface area contributed by atoms with Gasteiger partial charge in [-0.05, 0) is 25.1 Å². The predicted molar refractivity (Wildman–Crippen MR) is 98.4 cm³/mol. The average Bonchev–Trinajstić information content (AvgIpc) is 3.20. The molecule has 0 fully saturated rings. The van der Waals surface area contributed by atoms with Gasteiger partial charge in [0.15, 0.2) is 11.0 Å². The van der Waals surface area contributed by atoms with Crippen molar-refractivity contribution in [2.75, 3.05) is 5.32 Å². The summed E-state index contributed by atoms with van der Waals surface area (Å²) < 4.78 is 40.4. The fourth-order valence-corrected chi connectivity index (χ4v) is 3.48. The SMILES string of the molecule is Cc1nc(NC(=O)/C=C/c2c(F)cccc2Cl)sc1-c1nccn1C(F)F. The Morgan fingerprint density at radius 2 is 2.19 bits per heavy atom. The molecular weight excluding hydrogens is 401 g/mol. The van der Waals surface area contributed by atoms with Gasteiger partial charge in [-0.25, -0.2) is 14.4 Å². The normalized spacial score (nSPS) is 11.5. The number of carbonyl (C=O) groups is 1. The molecule has 0 atom stereocenters. The number of halogens is 4.